The number of rotatable bonds is 2. The van der Waals surface area contributed by atoms with Crippen LogP contribution in [0.3, 0.4) is 0 Å². The van der Waals surface area contributed by atoms with Crippen LogP contribution in [0.25, 0.3) is 0 Å². The van der Waals surface area contributed by atoms with E-state index in [-0.39, 0.29) is 16.2 Å². The van der Waals surface area contributed by atoms with Gasteiger partial charge in [0.25, 0.3) is 5.79 Å². The largest absolute Gasteiger partial charge is 0.419 e. The molecule has 8 heteroatoms. The highest BCUT2D eigenvalue weighted by molar-refractivity contribution is 9.10. The molecule has 6 nitrogen and oxygen atoms in total. The lowest BCUT2D eigenvalue weighted by molar-refractivity contribution is -0.222. The van der Waals surface area contributed by atoms with Crippen LogP contribution in [-0.2, 0) is 19.1 Å². The van der Waals surface area contributed by atoms with Gasteiger partial charge in [-0.05, 0) is 28.1 Å². The van der Waals surface area contributed by atoms with Gasteiger partial charge in [-0.15, -0.1) is 0 Å². The van der Waals surface area contributed by atoms with Gasteiger partial charge in [0.2, 0.25) is 0 Å². The number of benzene rings is 1. The number of nitrogens with one attached hydrogen (secondary N) is 1. The fraction of sp³-hybridized carbons (Fsp3) is 0.214. The molecule has 0 aromatic heterocycles. The summed E-state index contributed by atoms with van der Waals surface area (Å²) in [6, 6.07) is 5.15. The van der Waals surface area contributed by atoms with Crippen molar-refractivity contribution in [3.63, 3.8) is 0 Å². The number of anilines is 1. The first kappa shape index (κ1) is 16.3. The summed E-state index contributed by atoms with van der Waals surface area (Å²) in [4.78, 5) is 23.6. The van der Waals surface area contributed by atoms with E-state index < -0.39 is 17.7 Å². The zero-order valence-corrected chi connectivity index (χ0v) is 13.9. The lowest BCUT2D eigenvalue weighted by Gasteiger charge is -2.29. The summed E-state index contributed by atoms with van der Waals surface area (Å²) in [6.45, 7) is 2.91. The minimum atomic E-state index is -1.30. The van der Waals surface area contributed by atoms with Crippen LogP contribution in [-0.4, -0.2) is 17.7 Å². The van der Waals surface area contributed by atoms with E-state index in [4.69, 9.17) is 26.3 Å². The maximum atomic E-state index is 11.8. The first-order chi connectivity index (χ1) is 10.2. The number of halogens is 2. The molecule has 1 heterocycles. The van der Waals surface area contributed by atoms with E-state index in [1.54, 1.807) is 12.1 Å². The molecule has 0 unspecified atom stereocenters. The minimum absolute atomic E-state index is 0.172. The monoisotopic (exact) mass is 384 g/mol. The SMILES string of the molecule is CC1(C)OC(=O)C(=CNc2ccc(Br)c(Cl)c2C#N)C(=O)O1. The van der Waals surface area contributed by atoms with E-state index in [1.807, 2.05) is 6.07 Å². The van der Waals surface area contributed by atoms with Gasteiger partial charge < -0.3 is 14.8 Å². The second-order valence-electron chi connectivity index (χ2n) is 4.78. The van der Waals surface area contributed by atoms with Crippen molar-refractivity contribution in [2.24, 2.45) is 0 Å². The average Bonchev–Trinajstić information content (AvgIpc) is 2.40. The summed E-state index contributed by atoms with van der Waals surface area (Å²) in [7, 11) is 0. The van der Waals surface area contributed by atoms with Crippen molar-refractivity contribution < 1.29 is 19.1 Å². The van der Waals surface area contributed by atoms with E-state index in [9.17, 15) is 9.59 Å². The third-order valence-electron chi connectivity index (χ3n) is 2.70. The topological polar surface area (TPSA) is 88.4 Å². The Morgan fingerprint density at radius 3 is 2.45 bits per heavy atom. The van der Waals surface area contributed by atoms with Crippen molar-refractivity contribution in [2.75, 3.05) is 5.32 Å². The highest BCUT2D eigenvalue weighted by Gasteiger charge is 2.38. The summed E-state index contributed by atoms with van der Waals surface area (Å²) >= 11 is 9.21. The Labute approximate surface area is 139 Å². The first-order valence-electron chi connectivity index (χ1n) is 6.06. The molecule has 1 aromatic rings. The van der Waals surface area contributed by atoms with Crippen LogP contribution in [0, 0.1) is 11.3 Å². The van der Waals surface area contributed by atoms with Crippen LogP contribution < -0.4 is 5.32 Å². The summed E-state index contributed by atoms with van der Waals surface area (Å²) in [6.07, 6.45) is 1.13. The van der Waals surface area contributed by atoms with Gasteiger partial charge in [0.15, 0.2) is 5.57 Å². The van der Waals surface area contributed by atoms with Crippen LogP contribution in [0.5, 0.6) is 0 Å². The van der Waals surface area contributed by atoms with Crippen LogP contribution in [0.4, 0.5) is 5.69 Å². The Hall–Kier alpha value is -2.04. The molecule has 1 aromatic carbocycles. The van der Waals surface area contributed by atoms with Gasteiger partial charge in [-0.2, -0.15) is 5.26 Å². The summed E-state index contributed by atoms with van der Waals surface area (Å²) in [5.41, 5.74) is 0.210. The Morgan fingerprint density at radius 1 is 1.32 bits per heavy atom. The molecule has 1 saturated heterocycles. The van der Waals surface area contributed by atoms with Crippen LogP contribution >= 0.6 is 27.5 Å². The molecule has 1 aliphatic rings. The second kappa shape index (κ2) is 5.99. The van der Waals surface area contributed by atoms with E-state index in [1.165, 1.54) is 13.8 Å². The van der Waals surface area contributed by atoms with Crippen LogP contribution in [0.1, 0.15) is 19.4 Å². The molecule has 0 spiro atoms. The van der Waals surface area contributed by atoms with Crippen molar-refractivity contribution >= 4 is 45.2 Å². The van der Waals surface area contributed by atoms with Gasteiger partial charge in [-0.1, -0.05) is 11.6 Å². The number of ether oxygens (including phenoxy) is 2. The predicted octanol–water partition coefficient (Wildman–Crippen LogP) is 3.11. The number of carbonyl (C=O) groups excluding carboxylic acids is 2. The molecular formula is C14H10BrClN2O4. The maximum absolute atomic E-state index is 11.8. The summed E-state index contributed by atoms with van der Waals surface area (Å²) in [5.74, 6) is -2.92. The number of nitriles is 1. The maximum Gasteiger partial charge on any atom is 0.350 e. The molecule has 1 fully saturated rings. The summed E-state index contributed by atoms with van der Waals surface area (Å²) in [5, 5.41) is 12.1. The van der Waals surface area contributed by atoms with Crippen molar-refractivity contribution in [1.82, 2.24) is 0 Å². The average molecular weight is 386 g/mol. The quantitative estimate of drug-likeness (QED) is 0.478. The van der Waals surface area contributed by atoms with Gasteiger partial charge in [-0.25, -0.2) is 9.59 Å². The minimum Gasteiger partial charge on any atom is -0.419 e. The molecule has 0 atom stereocenters. The van der Waals surface area contributed by atoms with E-state index >= 15 is 0 Å². The highest BCUT2D eigenvalue weighted by Crippen LogP contribution is 2.31. The number of cyclic esters (lactones) is 2. The molecule has 0 aliphatic carbocycles. The molecule has 0 bridgehead atoms. The zero-order valence-electron chi connectivity index (χ0n) is 11.6. The molecule has 1 N–H and O–H groups in total. The number of nitrogens with zero attached hydrogens (tertiary/aromatic N) is 1. The molecule has 2 rings (SSSR count). The molecule has 1 aliphatic heterocycles. The van der Waals surface area contributed by atoms with Crippen LogP contribution in [0.2, 0.25) is 5.02 Å². The normalized spacial score (nSPS) is 16.4. The standard InChI is InChI=1S/C14H10BrClN2O4/c1-14(2)21-12(19)8(13(20)22-14)6-18-10-4-3-9(15)11(16)7(10)5-17/h3-4,6,18H,1-2H3. The molecular weight excluding hydrogens is 376 g/mol. The third kappa shape index (κ3) is 3.24. The fourth-order valence-electron chi connectivity index (χ4n) is 1.71. The summed E-state index contributed by atoms with van der Waals surface area (Å²) < 4.78 is 10.5. The van der Waals surface area contributed by atoms with Gasteiger partial charge >= 0.3 is 11.9 Å². The van der Waals surface area contributed by atoms with Gasteiger partial charge in [0, 0.05) is 24.5 Å². The van der Waals surface area contributed by atoms with Gasteiger partial charge in [0.05, 0.1) is 16.3 Å². The molecule has 114 valence electrons. The lowest BCUT2D eigenvalue weighted by Crippen LogP contribution is -2.42. The van der Waals surface area contributed by atoms with Crippen LogP contribution in [0.15, 0.2) is 28.4 Å². The molecule has 0 radical (unpaired) electrons. The second-order valence-corrected chi connectivity index (χ2v) is 6.01. The first-order valence-corrected chi connectivity index (χ1v) is 7.24. The van der Waals surface area contributed by atoms with Gasteiger partial charge in [-0.3, -0.25) is 0 Å². The highest BCUT2D eigenvalue weighted by atomic mass is 79.9. The zero-order chi connectivity index (χ0) is 16.5. The fourth-order valence-corrected chi connectivity index (χ4v) is 2.25. The van der Waals surface area contributed by atoms with Crippen molar-refractivity contribution in [2.45, 2.75) is 19.6 Å². The Morgan fingerprint density at radius 2 is 1.91 bits per heavy atom. The van der Waals surface area contributed by atoms with E-state index in [2.05, 4.69) is 21.2 Å². The van der Waals surface area contributed by atoms with E-state index in [0.717, 1.165) is 6.20 Å². The lowest BCUT2D eigenvalue weighted by atomic mass is 10.2. The van der Waals surface area contributed by atoms with Crippen molar-refractivity contribution in [1.29, 1.82) is 5.26 Å². The van der Waals surface area contributed by atoms with Crippen molar-refractivity contribution in [3.05, 3.63) is 39.0 Å². The van der Waals surface area contributed by atoms with Gasteiger partial charge in [0.1, 0.15) is 6.07 Å². The number of esters is 2. The number of hydrogen-bond acceptors (Lipinski definition) is 6. The Kier molecular flexibility index (Phi) is 4.44. The molecule has 22 heavy (non-hydrogen) atoms. The molecule has 0 amide bonds. The number of hydrogen-bond donors (Lipinski definition) is 1. The molecule has 0 saturated carbocycles. The predicted molar refractivity (Wildman–Crippen MR) is 81.8 cm³/mol. The smallest absolute Gasteiger partial charge is 0.350 e. The van der Waals surface area contributed by atoms with E-state index in [0.29, 0.717) is 10.2 Å². The number of carbonyl (C=O) groups is 2. The van der Waals surface area contributed by atoms with Crippen molar-refractivity contribution in [3.8, 4) is 6.07 Å². The Bertz CT molecular complexity index is 715. The third-order valence-corrected chi connectivity index (χ3v) is 3.98. The Balaban J connectivity index is 2.30.